The lowest BCUT2D eigenvalue weighted by Crippen LogP contribution is -2.64. The number of benzene rings is 1. The van der Waals surface area contributed by atoms with Crippen LogP contribution >= 0.6 is 0 Å². The molecule has 0 spiro atoms. The van der Waals surface area contributed by atoms with E-state index in [0.717, 1.165) is 31.2 Å². The van der Waals surface area contributed by atoms with Gasteiger partial charge in [-0.2, -0.15) is 0 Å². The highest BCUT2D eigenvalue weighted by Gasteiger charge is 2.64. The van der Waals surface area contributed by atoms with Crippen LogP contribution in [0.4, 0.5) is 4.39 Å². The second kappa shape index (κ2) is 6.73. The summed E-state index contributed by atoms with van der Waals surface area (Å²) in [6, 6.07) is 6.36. The van der Waals surface area contributed by atoms with Crippen molar-refractivity contribution in [2.45, 2.75) is 71.4 Å². The lowest BCUT2D eigenvalue weighted by atomic mass is 9.47. The standard InChI is InChI=1S/C25H30FNO3/c1-24-12-11-22(30)27(14-15-3-5-16(26)6-4-15)20(24)9-7-17-18-8-10-21(29)25(18,2)13-19(28)23(17)24/h3-6,17-18,20,23H,7-14H2,1-2H3/t17-,18-,20?,23+,24-,25-/m0/s1. The summed E-state index contributed by atoms with van der Waals surface area (Å²) < 4.78 is 13.3. The van der Waals surface area contributed by atoms with E-state index in [4.69, 9.17) is 0 Å². The minimum Gasteiger partial charge on any atom is -0.335 e. The Kier molecular flexibility index (Phi) is 4.46. The van der Waals surface area contributed by atoms with Gasteiger partial charge >= 0.3 is 0 Å². The molecule has 0 aromatic heterocycles. The van der Waals surface area contributed by atoms with E-state index in [9.17, 15) is 18.8 Å². The minimum absolute atomic E-state index is 0.0236. The van der Waals surface area contributed by atoms with Crippen LogP contribution in [0.2, 0.25) is 0 Å². The summed E-state index contributed by atoms with van der Waals surface area (Å²) in [5.74, 6) is 0.837. The van der Waals surface area contributed by atoms with E-state index < -0.39 is 5.41 Å². The average Bonchev–Trinajstić information content (AvgIpc) is 3.00. The molecule has 5 heteroatoms. The van der Waals surface area contributed by atoms with Gasteiger partial charge in [-0.1, -0.05) is 26.0 Å². The van der Waals surface area contributed by atoms with Crippen LogP contribution in [-0.2, 0) is 20.9 Å². The second-order valence-electron chi connectivity index (χ2n) is 10.5. The normalized spacial score (nSPS) is 40.8. The highest BCUT2D eigenvalue weighted by Crippen LogP contribution is 2.62. The number of piperidine rings is 1. The zero-order chi connectivity index (χ0) is 21.3. The van der Waals surface area contributed by atoms with Crippen molar-refractivity contribution in [1.82, 2.24) is 4.90 Å². The Hall–Kier alpha value is -2.04. The van der Waals surface area contributed by atoms with Gasteiger partial charge in [0.2, 0.25) is 5.91 Å². The number of amides is 1. The average molecular weight is 412 g/mol. The number of nitrogens with zero attached hydrogens (tertiary/aromatic N) is 1. The van der Waals surface area contributed by atoms with Gasteiger partial charge in [0, 0.05) is 43.2 Å². The van der Waals surface area contributed by atoms with Gasteiger partial charge in [-0.3, -0.25) is 14.4 Å². The predicted molar refractivity (Wildman–Crippen MR) is 110 cm³/mol. The molecule has 1 heterocycles. The number of rotatable bonds is 2. The number of Topliss-reactive ketones (excluding diaryl/α,β-unsaturated/α-hetero) is 2. The Labute approximate surface area is 177 Å². The Morgan fingerprint density at radius 1 is 1.03 bits per heavy atom. The molecular formula is C25H30FNO3. The second-order valence-corrected chi connectivity index (χ2v) is 10.5. The van der Waals surface area contributed by atoms with Crippen LogP contribution in [0.5, 0.6) is 0 Å². The molecule has 4 aliphatic rings. The fourth-order valence-electron chi connectivity index (χ4n) is 7.58. The predicted octanol–water partition coefficient (Wildman–Crippen LogP) is 4.31. The first-order valence-electron chi connectivity index (χ1n) is 11.3. The summed E-state index contributed by atoms with van der Waals surface area (Å²) in [6.45, 7) is 4.68. The van der Waals surface area contributed by atoms with Gasteiger partial charge in [0.1, 0.15) is 17.4 Å². The Balaban J connectivity index is 1.47. The van der Waals surface area contributed by atoms with E-state index in [2.05, 4.69) is 6.92 Å². The van der Waals surface area contributed by atoms with E-state index in [1.807, 2.05) is 11.8 Å². The fourth-order valence-corrected chi connectivity index (χ4v) is 7.58. The molecule has 4 fully saturated rings. The van der Waals surface area contributed by atoms with Crippen molar-refractivity contribution in [1.29, 1.82) is 0 Å². The van der Waals surface area contributed by atoms with Crippen molar-refractivity contribution < 1.29 is 18.8 Å². The molecular weight excluding hydrogens is 381 g/mol. The highest BCUT2D eigenvalue weighted by molar-refractivity contribution is 5.95. The van der Waals surface area contributed by atoms with Crippen molar-refractivity contribution in [3.8, 4) is 0 Å². The number of fused-ring (bicyclic) bond motifs is 5. The van der Waals surface area contributed by atoms with E-state index in [1.165, 1.54) is 12.1 Å². The van der Waals surface area contributed by atoms with Gasteiger partial charge in [-0.25, -0.2) is 4.39 Å². The summed E-state index contributed by atoms with van der Waals surface area (Å²) in [6.07, 6.45) is 4.84. The summed E-state index contributed by atoms with van der Waals surface area (Å²) in [5.41, 5.74) is 0.195. The van der Waals surface area contributed by atoms with Crippen molar-refractivity contribution in [3.05, 3.63) is 35.6 Å². The van der Waals surface area contributed by atoms with Gasteiger partial charge in [0.05, 0.1) is 0 Å². The fraction of sp³-hybridized carbons (Fsp3) is 0.640. The summed E-state index contributed by atoms with van der Waals surface area (Å²) in [5, 5.41) is 0. The first-order chi connectivity index (χ1) is 14.2. The molecule has 0 radical (unpaired) electrons. The summed E-state index contributed by atoms with van der Waals surface area (Å²) in [4.78, 5) is 40.9. The Bertz CT molecular complexity index is 911. The number of likely N-dealkylation sites (tertiary alicyclic amines) is 1. The molecule has 1 aromatic carbocycles. The maximum absolute atomic E-state index is 13.5. The molecule has 6 atom stereocenters. The monoisotopic (exact) mass is 411 g/mol. The maximum Gasteiger partial charge on any atom is 0.223 e. The lowest BCUT2D eigenvalue weighted by molar-refractivity contribution is -0.171. The molecule has 0 N–H and O–H groups in total. The van der Waals surface area contributed by atoms with E-state index in [1.54, 1.807) is 12.1 Å². The van der Waals surface area contributed by atoms with Crippen LogP contribution in [0.1, 0.15) is 64.4 Å². The van der Waals surface area contributed by atoms with E-state index in [-0.39, 0.29) is 46.6 Å². The molecule has 5 rings (SSSR count). The molecule has 1 saturated heterocycles. The van der Waals surface area contributed by atoms with Crippen molar-refractivity contribution in [2.75, 3.05) is 0 Å². The molecule has 1 aliphatic heterocycles. The van der Waals surface area contributed by atoms with Crippen LogP contribution in [0, 0.1) is 34.4 Å². The number of hydrogen-bond donors (Lipinski definition) is 0. The quantitative estimate of drug-likeness (QED) is 0.729. The number of carbonyl (C=O) groups excluding carboxylic acids is 3. The van der Waals surface area contributed by atoms with Crippen LogP contribution in [0.3, 0.4) is 0 Å². The minimum atomic E-state index is -0.472. The molecule has 160 valence electrons. The third-order valence-corrected chi connectivity index (χ3v) is 9.06. The van der Waals surface area contributed by atoms with Gasteiger partial charge in [0.15, 0.2) is 0 Å². The summed E-state index contributed by atoms with van der Waals surface area (Å²) >= 11 is 0. The van der Waals surface area contributed by atoms with Crippen molar-refractivity contribution in [2.24, 2.45) is 28.6 Å². The first-order valence-corrected chi connectivity index (χ1v) is 11.3. The molecule has 4 nitrogen and oxygen atoms in total. The van der Waals surface area contributed by atoms with Crippen molar-refractivity contribution in [3.63, 3.8) is 0 Å². The van der Waals surface area contributed by atoms with Gasteiger partial charge < -0.3 is 4.90 Å². The van der Waals surface area contributed by atoms with E-state index in [0.29, 0.717) is 31.7 Å². The maximum atomic E-state index is 13.5. The SMILES string of the molecule is C[C@]12CCC(=O)N(Cc3ccc(F)cc3)C1CC[C@@H]1[C@@H]2C(=O)C[C@]2(C)C(=O)CC[C@@H]12. The smallest absolute Gasteiger partial charge is 0.223 e. The Morgan fingerprint density at radius 2 is 1.77 bits per heavy atom. The van der Waals surface area contributed by atoms with Crippen LogP contribution in [-0.4, -0.2) is 28.4 Å². The third-order valence-electron chi connectivity index (χ3n) is 9.06. The molecule has 3 saturated carbocycles. The van der Waals surface area contributed by atoms with Gasteiger partial charge in [0.25, 0.3) is 0 Å². The Morgan fingerprint density at radius 3 is 2.50 bits per heavy atom. The molecule has 0 bridgehead atoms. The molecule has 1 amide bonds. The van der Waals surface area contributed by atoms with Gasteiger partial charge in [-0.15, -0.1) is 0 Å². The number of carbonyl (C=O) groups is 3. The molecule has 1 unspecified atom stereocenters. The highest BCUT2D eigenvalue weighted by atomic mass is 19.1. The molecule has 1 aromatic rings. The molecule has 3 aliphatic carbocycles. The summed E-state index contributed by atoms with van der Waals surface area (Å²) in [7, 11) is 0. The zero-order valence-electron chi connectivity index (χ0n) is 17.8. The largest absolute Gasteiger partial charge is 0.335 e. The van der Waals surface area contributed by atoms with Crippen LogP contribution in [0.15, 0.2) is 24.3 Å². The van der Waals surface area contributed by atoms with Gasteiger partial charge in [-0.05, 0) is 60.6 Å². The van der Waals surface area contributed by atoms with Crippen LogP contribution < -0.4 is 0 Å². The number of halogens is 1. The lowest BCUT2D eigenvalue weighted by Gasteiger charge is -2.60. The number of hydrogen-bond acceptors (Lipinski definition) is 3. The van der Waals surface area contributed by atoms with Crippen molar-refractivity contribution >= 4 is 17.5 Å². The van der Waals surface area contributed by atoms with E-state index >= 15 is 0 Å². The van der Waals surface area contributed by atoms with Crippen LogP contribution in [0.25, 0.3) is 0 Å². The first kappa shape index (κ1) is 19.9. The topological polar surface area (TPSA) is 54.5 Å². The zero-order valence-corrected chi connectivity index (χ0v) is 17.8. The number of ketones is 2. The molecule has 30 heavy (non-hydrogen) atoms. The third kappa shape index (κ3) is 2.73.